The predicted molar refractivity (Wildman–Crippen MR) is 116 cm³/mol. The molecule has 1 atom stereocenters. The maximum absolute atomic E-state index is 14.1. The molecular formula is C26H21FN2O2. The summed E-state index contributed by atoms with van der Waals surface area (Å²) in [7, 11) is 0. The Labute approximate surface area is 180 Å². The summed E-state index contributed by atoms with van der Waals surface area (Å²) in [6.07, 6.45) is 0.843. The van der Waals surface area contributed by atoms with Gasteiger partial charge in [0, 0.05) is 31.0 Å². The lowest BCUT2D eigenvalue weighted by molar-refractivity contribution is -0.121. The van der Waals surface area contributed by atoms with Gasteiger partial charge in [-0.15, -0.1) is 0 Å². The third-order valence-corrected chi connectivity index (χ3v) is 5.70. The lowest BCUT2D eigenvalue weighted by Crippen LogP contribution is -2.30. The van der Waals surface area contributed by atoms with Gasteiger partial charge in [0.25, 0.3) is 5.91 Å². The average Bonchev–Trinajstić information content (AvgIpc) is 3.29. The summed E-state index contributed by atoms with van der Waals surface area (Å²) in [5, 5.41) is 9.24. The Morgan fingerprint density at radius 3 is 2.61 bits per heavy atom. The first-order valence-corrected chi connectivity index (χ1v) is 10.2. The predicted octanol–water partition coefficient (Wildman–Crippen LogP) is 4.64. The summed E-state index contributed by atoms with van der Waals surface area (Å²) in [5.41, 5.74) is 2.78. The van der Waals surface area contributed by atoms with Crippen LogP contribution < -0.4 is 0 Å². The number of hydrogen-bond acceptors (Lipinski definition) is 3. The van der Waals surface area contributed by atoms with Gasteiger partial charge in [-0.25, -0.2) is 4.39 Å². The van der Waals surface area contributed by atoms with Crippen LogP contribution in [-0.4, -0.2) is 29.7 Å². The molecule has 154 valence electrons. The number of rotatable bonds is 5. The van der Waals surface area contributed by atoms with E-state index in [2.05, 4.69) is 0 Å². The molecular weight excluding hydrogens is 391 g/mol. The number of likely N-dealkylation sites (tertiary alicyclic amines) is 1. The second-order valence-corrected chi connectivity index (χ2v) is 7.72. The highest BCUT2D eigenvalue weighted by Gasteiger charge is 2.32. The van der Waals surface area contributed by atoms with Crippen molar-refractivity contribution in [1.82, 2.24) is 4.90 Å². The van der Waals surface area contributed by atoms with E-state index >= 15 is 0 Å². The first kappa shape index (κ1) is 20.5. The van der Waals surface area contributed by atoms with Crippen LogP contribution in [0.25, 0.3) is 11.1 Å². The molecule has 0 aromatic heterocycles. The van der Waals surface area contributed by atoms with Gasteiger partial charge in [-0.05, 0) is 35.7 Å². The zero-order valence-electron chi connectivity index (χ0n) is 16.9. The second-order valence-electron chi connectivity index (χ2n) is 7.72. The average molecular weight is 412 g/mol. The van der Waals surface area contributed by atoms with Crippen LogP contribution in [-0.2, 0) is 11.2 Å². The van der Waals surface area contributed by atoms with Crippen LogP contribution in [0.2, 0.25) is 0 Å². The number of amides is 1. The molecule has 1 heterocycles. The van der Waals surface area contributed by atoms with Crippen LogP contribution >= 0.6 is 0 Å². The van der Waals surface area contributed by atoms with E-state index < -0.39 is 0 Å². The lowest BCUT2D eigenvalue weighted by atomic mass is 9.95. The highest BCUT2D eigenvalue weighted by atomic mass is 19.1. The summed E-state index contributed by atoms with van der Waals surface area (Å²) in [4.78, 5) is 27.4. The number of halogens is 1. The maximum atomic E-state index is 14.1. The van der Waals surface area contributed by atoms with Gasteiger partial charge in [0.05, 0.1) is 17.2 Å². The smallest absolute Gasteiger partial charge is 0.255 e. The molecule has 0 unspecified atom stereocenters. The third-order valence-electron chi connectivity index (χ3n) is 5.70. The Kier molecular flexibility index (Phi) is 5.90. The molecule has 0 N–H and O–H groups in total. The van der Waals surface area contributed by atoms with Gasteiger partial charge >= 0.3 is 0 Å². The maximum Gasteiger partial charge on any atom is 0.255 e. The largest absolute Gasteiger partial charge is 0.338 e. The molecule has 1 aliphatic heterocycles. The van der Waals surface area contributed by atoms with E-state index in [0.717, 1.165) is 11.1 Å². The summed E-state index contributed by atoms with van der Waals surface area (Å²) >= 11 is 0. The minimum absolute atomic E-state index is 0.0644. The molecule has 3 aromatic rings. The van der Waals surface area contributed by atoms with Gasteiger partial charge in [0.15, 0.2) is 0 Å². The van der Waals surface area contributed by atoms with Crippen molar-refractivity contribution in [2.45, 2.75) is 12.8 Å². The molecule has 0 spiro atoms. The van der Waals surface area contributed by atoms with Crippen LogP contribution in [0.3, 0.4) is 0 Å². The molecule has 0 radical (unpaired) electrons. The zero-order chi connectivity index (χ0) is 21.8. The van der Waals surface area contributed by atoms with Crippen molar-refractivity contribution in [3.8, 4) is 17.2 Å². The molecule has 31 heavy (non-hydrogen) atoms. The van der Waals surface area contributed by atoms with Gasteiger partial charge in [0.1, 0.15) is 11.6 Å². The molecule has 3 aromatic carbocycles. The van der Waals surface area contributed by atoms with E-state index in [1.807, 2.05) is 30.3 Å². The number of hydrogen-bond donors (Lipinski definition) is 0. The zero-order valence-corrected chi connectivity index (χ0v) is 16.9. The Balaban J connectivity index is 1.44. The highest BCUT2D eigenvalue weighted by molar-refractivity contribution is 5.97. The Bertz CT molecular complexity index is 1180. The first-order valence-electron chi connectivity index (χ1n) is 10.2. The summed E-state index contributed by atoms with van der Waals surface area (Å²) in [6.45, 7) is 0.842. The minimum atomic E-state index is -0.298. The number of benzene rings is 3. The van der Waals surface area contributed by atoms with E-state index in [1.165, 1.54) is 6.07 Å². The number of ketones is 1. The first-order chi connectivity index (χ1) is 15.1. The van der Waals surface area contributed by atoms with E-state index in [9.17, 15) is 19.2 Å². The molecule has 4 nitrogen and oxygen atoms in total. The van der Waals surface area contributed by atoms with Crippen molar-refractivity contribution in [1.29, 1.82) is 5.26 Å². The normalized spacial score (nSPS) is 15.5. The van der Waals surface area contributed by atoms with Crippen LogP contribution in [0.15, 0.2) is 72.8 Å². The van der Waals surface area contributed by atoms with Gasteiger partial charge in [-0.3, -0.25) is 9.59 Å². The van der Waals surface area contributed by atoms with Crippen molar-refractivity contribution in [3.05, 3.63) is 95.3 Å². The van der Waals surface area contributed by atoms with E-state index in [1.54, 1.807) is 47.4 Å². The monoisotopic (exact) mass is 412 g/mol. The lowest BCUT2D eigenvalue weighted by Gasteiger charge is -2.17. The topological polar surface area (TPSA) is 61.2 Å². The van der Waals surface area contributed by atoms with E-state index in [0.29, 0.717) is 36.2 Å². The number of carbonyl (C=O) groups is 2. The minimum Gasteiger partial charge on any atom is -0.338 e. The summed E-state index contributed by atoms with van der Waals surface area (Å²) in [6, 6.07) is 22.7. The number of carbonyl (C=O) groups excluding carboxylic acids is 2. The number of nitriles is 1. The van der Waals surface area contributed by atoms with Crippen LogP contribution in [0, 0.1) is 23.1 Å². The van der Waals surface area contributed by atoms with Gasteiger partial charge < -0.3 is 4.90 Å². The van der Waals surface area contributed by atoms with Gasteiger partial charge in [0.2, 0.25) is 0 Å². The molecule has 0 saturated carbocycles. The highest BCUT2D eigenvalue weighted by Crippen LogP contribution is 2.26. The molecule has 0 bridgehead atoms. The number of nitrogens with zero attached hydrogens (tertiary/aromatic N) is 2. The molecule has 1 aliphatic rings. The summed E-state index contributed by atoms with van der Waals surface area (Å²) in [5.74, 6) is -0.688. The molecule has 4 rings (SSSR count). The molecule has 1 amide bonds. The SMILES string of the molecule is N#Cc1ccccc1C(=O)N1CC[C@@H](C(=O)Cc2cccc(-c3ccccc3F)c2)C1. The van der Waals surface area contributed by atoms with Crippen molar-refractivity contribution in [2.24, 2.45) is 5.92 Å². The quantitative estimate of drug-likeness (QED) is 0.613. The van der Waals surface area contributed by atoms with Crippen molar-refractivity contribution >= 4 is 11.7 Å². The third kappa shape index (κ3) is 4.39. The fraction of sp³-hybridized carbons (Fsp3) is 0.192. The summed E-state index contributed by atoms with van der Waals surface area (Å²) < 4.78 is 14.1. The fourth-order valence-corrected chi connectivity index (χ4v) is 4.03. The van der Waals surface area contributed by atoms with E-state index in [4.69, 9.17) is 0 Å². The van der Waals surface area contributed by atoms with Crippen molar-refractivity contribution in [3.63, 3.8) is 0 Å². The Hall–Kier alpha value is -3.78. The molecule has 1 fully saturated rings. The molecule has 1 saturated heterocycles. The number of Topliss-reactive ketones (excluding diaryl/α,β-unsaturated/α-hetero) is 1. The molecule has 5 heteroatoms. The van der Waals surface area contributed by atoms with E-state index in [-0.39, 0.29) is 29.8 Å². The molecule has 0 aliphatic carbocycles. The van der Waals surface area contributed by atoms with Crippen molar-refractivity contribution in [2.75, 3.05) is 13.1 Å². The van der Waals surface area contributed by atoms with Gasteiger partial charge in [-0.1, -0.05) is 54.6 Å². The van der Waals surface area contributed by atoms with Gasteiger partial charge in [-0.2, -0.15) is 5.26 Å². The standard InChI is InChI=1S/C26H21FN2O2/c27-24-11-4-3-9-22(24)19-8-5-6-18(14-19)15-25(30)21-12-13-29(17-21)26(31)23-10-2-1-7-20(23)16-28/h1-11,14,21H,12-13,15,17H2/t21-/m1/s1. The Morgan fingerprint density at radius 1 is 1.03 bits per heavy atom. The van der Waals surface area contributed by atoms with Crippen LogP contribution in [0.4, 0.5) is 4.39 Å². The van der Waals surface area contributed by atoms with Crippen LogP contribution in [0.5, 0.6) is 0 Å². The Morgan fingerprint density at radius 2 is 1.81 bits per heavy atom. The fourth-order valence-electron chi connectivity index (χ4n) is 4.03. The second kappa shape index (κ2) is 8.93. The van der Waals surface area contributed by atoms with Crippen LogP contribution in [0.1, 0.15) is 27.9 Å². The van der Waals surface area contributed by atoms with Crippen molar-refractivity contribution < 1.29 is 14.0 Å².